The van der Waals surface area contributed by atoms with Gasteiger partial charge in [0.2, 0.25) is 6.71 Å². The molecule has 0 saturated carbocycles. The lowest BCUT2D eigenvalue weighted by atomic mass is 9.32. The number of nitrogens with zero attached hydrogens (tertiary/aromatic N) is 2. The Morgan fingerprint density at radius 1 is 0.523 bits per heavy atom. The average molecular weight is 849 g/mol. The fourth-order valence-electron chi connectivity index (χ4n) is 11.7. The molecular formula is C58H35B2ClN2O2. The van der Waals surface area contributed by atoms with Crippen molar-refractivity contribution in [3.63, 3.8) is 0 Å². The van der Waals surface area contributed by atoms with Gasteiger partial charge >= 0.3 is 7.12 Å². The summed E-state index contributed by atoms with van der Waals surface area (Å²) >= 11 is 6.97. The summed E-state index contributed by atoms with van der Waals surface area (Å²) in [5.74, 6) is 0.568. The first-order chi connectivity index (χ1) is 32.0. The molecule has 302 valence electrons. The van der Waals surface area contributed by atoms with Crippen LogP contribution in [0.5, 0.6) is 5.75 Å². The second-order valence-corrected chi connectivity index (χ2v) is 18.0. The summed E-state index contributed by atoms with van der Waals surface area (Å²) in [5, 5.41) is 15.0. The van der Waals surface area contributed by atoms with Crippen LogP contribution in [0.1, 0.15) is 22.3 Å². The van der Waals surface area contributed by atoms with Crippen LogP contribution in [0.15, 0.2) is 206 Å². The van der Waals surface area contributed by atoms with Gasteiger partial charge in [-0.3, -0.25) is 4.98 Å². The van der Waals surface area contributed by atoms with E-state index in [0.717, 1.165) is 54.5 Å². The maximum absolute atomic E-state index is 11.2. The highest BCUT2D eigenvalue weighted by Crippen LogP contribution is 2.58. The zero-order valence-electron chi connectivity index (χ0n) is 34.9. The number of hydrogen-bond donors (Lipinski definition) is 1. The summed E-state index contributed by atoms with van der Waals surface area (Å²) < 4.78 is 8.44. The van der Waals surface area contributed by atoms with Crippen LogP contribution >= 0.6 is 11.6 Å². The van der Waals surface area contributed by atoms with Crippen LogP contribution in [-0.4, -0.2) is 28.4 Å². The fourth-order valence-corrected chi connectivity index (χ4v) is 11.9. The lowest BCUT2D eigenvalue weighted by Crippen LogP contribution is -2.59. The quantitative estimate of drug-likeness (QED) is 0.176. The van der Waals surface area contributed by atoms with Gasteiger partial charge in [0.05, 0.1) is 27.6 Å². The lowest BCUT2D eigenvalue weighted by molar-refractivity contribution is 0.432. The van der Waals surface area contributed by atoms with E-state index in [4.69, 9.17) is 16.3 Å². The molecule has 0 radical (unpaired) electrons. The Morgan fingerprint density at radius 2 is 1.23 bits per heavy atom. The highest BCUT2D eigenvalue weighted by Gasteiger charge is 2.54. The minimum absolute atomic E-state index is 0.167. The van der Waals surface area contributed by atoms with E-state index in [9.17, 15) is 5.02 Å². The van der Waals surface area contributed by atoms with E-state index >= 15 is 0 Å². The van der Waals surface area contributed by atoms with Gasteiger partial charge < -0.3 is 14.2 Å². The third kappa shape index (κ3) is 5.12. The van der Waals surface area contributed by atoms with E-state index < -0.39 is 12.5 Å². The molecule has 14 rings (SSSR count). The summed E-state index contributed by atoms with van der Waals surface area (Å²) in [4.78, 5) is 4.66. The Balaban J connectivity index is 0.877. The van der Waals surface area contributed by atoms with E-state index in [1.165, 1.54) is 60.9 Å². The van der Waals surface area contributed by atoms with Gasteiger partial charge in [-0.25, -0.2) is 0 Å². The van der Waals surface area contributed by atoms with Crippen molar-refractivity contribution in [3.05, 3.63) is 234 Å². The molecule has 4 nitrogen and oxygen atoms in total. The van der Waals surface area contributed by atoms with Gasteiger partial charge in [0, 0.05) is 26.9 Å². The van der Waals surface area contributed by atoms with Crippen molar-refractivity contribution in [1.82, 2.24) is 9.55 Å². The molecule has 11 aromatic rings. The molecule has 1 aliphatic carbocycles. The van der Waals surface area contributed by atoms with Gasteiger partial charge in [0.25, 0.3) is 0 Å². The number of rotatable bonds is 5. The summed E-state index contributed by atoms with van der Waals surface area (Å²) in [6.07, 6.45) is 0. The van der Waals surface area contributed by atoms with Crippen molar-refractivity contribution in [1.29, 1.82) is 0 Å². The van der Waals surface area contributed by atoms with Gasteiger partial charge in [-0.2, -0.15) is 0 Å². The molecule has 9 aromatic carbocycles. The molecule has 2 aromatic heterocycles. The monoisotopic (exact) mass is 848 g/mol. The van der Waals surface area contributed by atoms with Crippen LogP contribution in [0.2, 0.25) is 5.02 Å². The largest absolute Gasteiger partial charge is 0.579 e. The number of para-hydroxylation sites is 2. The first kappa shape index (κ1) is 36.8. The van der Waals surface area contributed by atoms with Crippen LogP contribution in [0.3, 0.4) is 0 Å². The Morgan fingerprint density at radius 3 is 2.14 bits per heavy atom. The maximum atomic E-state index is 11.2. The van der Waals surface area contributed by atoms with E-state index in [1.54, 1.807) is 0 Å². The lowest BCUT2D eigenvalue weighted by Gasteiger charge is -2.42. The van der Waals surface area contributed by atoms with E-state index in [2.05, 4.69) is 161 Å². The van der Waals surface area contributed by atoms with Crippen molar-refractivity contribution in [2.75, 3.05) is 0 Å². The van der Waals surface area contributed by atoms with Crippen molar-refractivity contribution in [3.8, 4) is 44.8 Å². The van der Waals surface area contributed by atoms with Crippen molar-refractivity contribution in [2.24, 2.45) is 0 Å². The van der Waals surface area contributed by atoms with Crippen LogP contribution in [-0.2, 0) is 5.41 Å². The van der Waals surface area contributed by atoms with Gasteiger partial charge in [0.15, 0.2) is 0 Å². The van der Waals surface area contributed by atoms with Crippen LogP contribution < -0.4 is 26.6 Å². The number of hydrogen-bond acceptors (Lipinski definition) is 3. The molecule has 0 amide bonds. The van der Waals surface area contributed by atoms with Crippen LogP contribution in [0.4, 0.5) is 0 Å². The highest BCUT2D eigenvalue weighted by atomic mass is 35.5. The topological polar surface area (TPSA) is 47.3 Å². The summed E-state index contributed by atoms with van der Waals surface area (Å²) in [6, 6.07) is 73.6. The molecule has 0 bridgehead atoms. The third-order valence-electron chi connectivity index (χ3n) is 14.4. The Hall–Kier alpha value is -7.63. The molecule has 1 unspecified atom stereocenters. The van der Waals surface area contributed by atoms with E-state index in [0.29, 0.717) is 11.3 Å². The number of benzene rings is 9. The summed E-state index contributed by atoms with van der Waals surface area (Å²) in [6.45, 7) is 0.167. The van der Waals surface area contributed by atoms with Gasteiger partial charge in [-0.15, -0.1) is 0 Å². The predicted molar refractivity (Wildman–Crippen MR) is 269 cm³/mol. The zero-order valence-corrected chi connectivity index (χ0v) is 35.7. The Bertz CT molecular complexity index is 3830. The maximum Gasteiger partial charge on any atom is 0.579 e. The Kier molecular flexibility index (Phi) is 7.75. The number of halogens is 1. The smallest absolute Gasteiger partial charge is 0.531 e. The van der Waals surface area contributed by atoms with E-state index in [1.807, 2.05) is 54.6 Å². The number of aromatic nitrogens is 2. The first-order valence-electron chi connectivity index (χ1n) is 22.2. The van der Waals surface area contributed by atoms with Crippen LogP contribution in [0, 0.1) is 0 Å². The molecule has 1 N–H and O–H groups in total. The minimum Gasteiger partial charge on any atom is -0.531 e. The van der Waals surface area contributed by atoms with Gasteiger partial charge in [-0.05, 0) is 122 Å². The molecule has 0 fully saturated rings. The summed E-state index contributed by atoms with van der Waals surface area (Å²) in [7, 11) is -1.21. The molecular weight excluding hydrogens is 814 g/mol. The molecule has 3 aliphatic rings. The molecule has 1 atom stereocenters. The van der Waals surface area contributed by atoms with Crippen molar-refractivity contribution >= 4 is 80.1 Å². The number of pyridine rings is 1. The average Bonchev–Trinajstić information content (AvgIpc) is 3.97. The second-order valence-electron chi connectivity index (χ2n) is 17.6. The Labute approximate surface area is 381 Å². The van der Waals surface area contributed by atoms with Crippen molar-refractivity contribution < 1.29 is 9.68 Å². The summed E-state index contributed by atoms with van der Waals surface area (Å²) in [5.41, 5.74) is 20.7. The predicted octanol–water partition coefficient (Wildman–Crippen LogP) is 10.6. The van der Waals surface area contributed by atoms with Crippen LogP contribution in [0.25, 0.3) is 71.8 Å². The first-order valence-corrected chi connectivity index (χ1v) is 22.5. The molecule has 1 spiro atoms. The minimum atomic E-state index is -1.21. The second kappa shape index (κ2) is 13.7. The third-order valence-corrected chi connectivity index (χ3v) is 14.6. The van der Waals surface area contributed by atoms with Gasteiger partial charge in [0.1, 0.15) is 5.75 Å². The highest BCUT2D eigenvalue weighted by molar-refractivity contribution is 7.00. The molecule has 65 heavy (non-hydrogen) atoms. The fraction of sp³-hybridized carbons (Fsp3) is 0.0172. The van der Waals surface area contributed by atoms with Crippen molar-refractivity contribution in [2.45, 2.75) is 5.41 Å². The molecule has 2 aliphatic heterocycles. The van der Waals surface area contributed by atoms with E-state index in [-0.39, 0.29) is 6.71 Å². The normalized spacial score (nSPS) is 15.0. The number of fused-ring (bicyclic) bond motifs is 16. The molecule has 7 heteroatoms. The zero-order chi connectivity index (χ0) is 43.0. The molecule has 0 saturated heterocycles. The van der Waals surface area contributed by atoms with Gasteiger partial charge in [-0.1, -0.05) is 168 Å². The molecule has 4 heterocycles. The standard InChI is InChI=1S/C58H35B2ClN2O2/c61-38-24-29-42-41-28-22-37(32-49(41)58(50(42)33-38)47-14-4-6-17-52(47)59-51-16-5-2-11-43(51)45-13-9-15-48(58)57(45)59)35-20-25-39(26-21-35)63-54-19-8-3-12-44(54)46-34-40(27-30-55(46)63)65-60(64)56-31-23-36-10-1-7-18-53(36)62-56/h1-34,64H. The SMILES string of the molecule is OB(Oc1ccc2c(c1)c1ccccc1n2-c1ccc(-c2ccc3c(c2)C2(c4ccccc4B4c5ccccc5-c5cccc2c54)c2cc(Cl)ccc2-3)cc1)c1ccc2ccccc2n1.